The van der Waals surface area contributed by atoms with Crippen LogP contribution in [0.3, 0.4) is 0 Å². The second-order valence-corrected chi connectivity index (χ2v) is 13.2. The maximum atomic E-state index is 13.6. The first-order chi connectivity index (χ1) is 19.5. The Kier molecular flexibility index (Phi) is 12.9. The molecule has 2 aromatic rings. The van der Waals surface area contributed by atoms with Gasteiger partial charge in [0.1, 0.15) is 17.3 Å². The lowest BCUT2D eigenvalue weighted by Gasteiger charge is -2.42. The molecule has 2 nitrogen and oxygen atoms in total. The smallest absolute Gasteiger partial charge is 0.453 e. The minimum atomic E-state index is -5.45. The molecule has 230 valence electrons. The van der Waals surface area contributed by atoms with Gasteiger partial charge in [0.2, 0.25) is 0 Å². The molecular weight excluding hydrogens is 582 g/mol. The average molecular weight is 623 g/mol. The monoisotopic (exact) mass is 622 g/mol. The van der Waals surface area contributed by atoms with E-state index in [0.717, 1.165) is 79.1 Å². The Balaban J connectivity index is 1.35. The molecular formula is C31H40F6O2S2. The minimum Gasteiger partial charge on any atom is -0.497 e. The summed E-state index contributed by atoms with van der Waals surface area (Å²) in [7, 11) is 1.64. The fraction of sp³-hybridized carbons (Fsp3) is 0.613. The van der Waals surface area contributed by atoms with E-state index in [1.807, 2.05) is 36.0 Å². The average Bonchev–Trinajstić information content (AvgIpc) is 2.93. The van der Waals surface area contributed by atoms with Crippen molar-refractivity contribution >= 4 is 23.5 Å². The number of methoxy groups -OCH3 is 1. The summed E-state index contributed by atoms with van der Waals surface area (Å²) in [5.41, 5.74) is 1.87. The molecule has 0 aliphatic carbocycles. The molecule has 1 heterocycles. The maximum Gasteiger partial charge on any atom is 0.453 e. The van der Waals surface area contributed by atoms with Crippen LogP contribution in [0.4, 0.5) is 26.3 Å². The number of unbranched alkanes of at least 4 members (excludes halogenated alkanes) is 6. The topological polar surface area (TPSA) is 18.5 Å². The molecule has 2 atom stereocenters. The third-order valence-corrected chi connectivity index (χ3v) is 10.3. The first-order valence-corrected chi connectivity index (χ1v) is 16.4. The van der Waals surface area contributed by atoms with Crippen LogP contribution in [-0.2, 0) is 5.41 Å². The molecule has 0 saturated carbocycles. The number of alkyl halides is 5. The summed E-state index contributed by atoms with van der Waals surface area (Å²) in [4.78, 5) is 0. The summed E-state index contributed by atoms with van der Waals surface area (Å²) in [6, 6.07) is 12.7. The highest BCUT2D eigenvalue weighted by molar-refractivity contribution is 7.99. The Bertz CT molecular complexity index is 1060. The molecule has 2 unspecified atom stereocenters. The molecule has 1 aliphatic rings. The van der Waals surface area contributed by atoms with Crippen LogP contribution in [0.1, 0.15) is 81.1 Å². The van der Waals surface area contributed by atoms with E-state index >= 15 is 0 Å². The van der Waals surface area contributed by atoms with Gasteiger partial charge >= 0.3 is 12.1 Å². The van der Waals surface area contributed by atoms with Crippen LogP contribution in [0.15, 0.2) is 42.5 Å². The van der Waals surface area contributed by atoms with E-state index in [0.29, 0.717) is 12.4 Å². The molecule has 0 N–H and O–H groups in total. The Morgan fingerprint density at radius 1 is 0.854 bits per heavy atom. The summed E-state index contributed by atoms with van der Waals surface area (Å²) >= 11 is 3.37. The number of hydrogen-bond donors (Lipinski definition) is 0. The van der Waals surface area contributed by atoms with Gasteiger partial charge in [-0.2, -0.15) is 45.5 Å². The van der Waals surface area contributed by atoms with Crippen LogP contribution in [0.5, 0.6) is 11.5 Å². The summed E-state index contributed by atoms with van der Waals surface area (Å²) in [5.74, 6) is -1.14. The lowest BCUT2D eigenvalue weighted by atomic mass is 9.76. The summed E-state index contributed by atoms with van der Waals surface area (Å²) in [6.45, 7) is 2.68. The number of rotatable bonds is 17. The molecule has 0 bridgehead atoms. The number of benzene rings is 2. The predicted octanol–water partition coefficient (Wildman–Crippen LogP) is 10.4. The first kappa shape index (κ1) is 33.8. The van der Waals surface area contributed by atoms with Gasteiger partial charge in [-0.05, 0) is 60.3 Å². The lowest BCUT2D eigenvalue weighted by molar-refractivity contribution is -0.284. The zero-order valence-electron chi connectivity index (χ0n) is 23.7. The highest BCUT2D eigenvalue weighted by Gasteiger charge is 2.56. The van der Waals surface area contributed by atoms with Gasteiger partial charge in [-0.25, -0.2) is 4.39 Å². The van der Waals surface area contributed by atoms with Crippen molar-refractivity contribution in [1.82, 2.24) is 0 Å². The Morgan fingerprint density at radius 2 is 1.46 bits per heavy atom. The van der Waals surface area contributed by atoms with E-state index in [4.69, 9.17) is 9.47 Å². The predicted molar refractivity (Wildman–Crippen MR) is 157 cm³/mol. The summed E-state index contributed by atoms with van der Waals surface area (Å²) in [5, 5.41) is 0.153. The van der Waals surface area contributed by atoms with Crippen LogP contribution in [0.2, 0.25) is 0 Å². The van der Waals surface area contributed by atoms with Crippen LogP contribution in [-0.4, -0.2) is 43.1 Å². The Morgan fingerprint density at radius 3 is 2.10 bits per heavy atom. The van der Waals surface area contributed by atoms with E-state index in [1.54, 1.807) is 7.11 Å². The summed E-state index contributed by atoms with van der Waals surface area (Å²) in [6.07, 6.45) is 0.841. The zero-order valence-corrected chi connectivity index (χ0v) is 25.3. The molecule has 1 aliphatic heterocycles. The molecule has 0 amide bonds. The number of hydrogen-bond acceptors (Lipinski definition) is 4. The van der Waals surface area contributed by atoms with Gasteiger partial charge < -0.3 is 9.47 Å². The number of fused-ring (bicyclic) bond motifs is 1. The van der Waals surface area contributed by atoms with Crippen molar-refractivity contribution in [1.29, 1.82) is 0 Å². The highest BCUT2D eigenvalue weighted by atomic mass is 32.2. The van der Waals surface area contributed by atoms with E-state index in [9.17, 15) is 26.3 Å². The normalized spacial score (nSPS) is 19.1. The fourth-order valence-corrected chi connectivity index (χ4v) is 7.51. The molecule has 0 saturated heterocycles. The van der Waals surface area contributed by atoms with E-state index in [2.05, 4.69) is 13.0 Å². The highest BCUT2D eigenvalue weighted by Crippen LogP contribution is 2.53. The minimum absolute atomic E-state index is 0.133. The first-order valence-electron chi connectivity index (χ1n) is 14.2. The van der Waals surface area contributed by atoms with Crippen LogP contribution in [0.25, 0.3) is 0 Å². The molecule has 0 fully saturated rings. The van der Waals surface area contributed by atoms with Gasteiger partial charge in [-0.1, -0.05) is 57.2 Å². The van der Waals surface area contributed by atoms with Crippen molar-refractivity contribution in [3.63, 3.8) is 0 Å². The van der Waals surface area contributed by atoms with Crippen molar-refractivity contribution in [3.05, 3.63) is 59.4 Å². The third-order valence-electron chi connectivity index (χ3n) is 7.52. The van der Waals surface area contributed by atoms with Crippen LogP contribution >= 0.6 is 23.5 Å². The van der Waals surface area contributed by atoms with Crippen molar-refractivity contribution in [2.45, 2.75) is 87.5 Å². The maximum absolute atomic E-state index is 13.6. The second kappa shape index (κ2) is 15.7. The van der Waals surface area contributed by atoms with Gasteiger partial charge in [0, 0.05) is 28.7 Å². The van der Waals surface area contributed by atoms with Crippen molar-refractivity contribution in [3.8, 4) is 11.5 Å². The Hall–Kier alpha value is -1.68. The molecule has 0 aromatic heterocycles. The van der Waals surface area contributed by atoms with Gasteiger partial charge in [0.15, 0.2) is 0 Å². The summed E-state index contributed by atoms with van der Waals surface area (Å²) < 4.78 is 87.5. The van der Waals surface area contributed by atoms with Gasteiger partial charge in [-0.15, -0.1) is 0 Å². The molecule has 0 radical (unpaired) electrons. The van der Waals surface area contributed by atoms with Crippen LogP contribution < -0.4 is 9.47 Å². The van der Waals surface area contributed by atoms with Crippen molar-refractivity contribution in [2.75, 3.05) is 31.0 Å². The second-order valence-electron chi connectivity index (χ2n) is 10.8. The largest absolute Gasteiger partial charge is 0.497 e. The lowest BCUT2D eigenvalue weighted by Crippen LogP contribution is -2.39. The number of ether oxygens (including phenoxy) is 2. The quantitative estimate of drug-likeness (QED) is 0.129. The number of thioether (sulfide) groups is 2. The molecule has 3 rings (SSSR count). The van der Waals surface area contributed by atoms with E-state index in [-0.39, 0.29) is 22.9 Å². The SMILES string of the molecule is COc1ccc2c(c1)OCC(C)(c1ccc(F)cc1)C2SCCCCCCCCCSCCCC(F)(F)C(F)(F)F. The van der Waals surface area contributed by atoms with Crippen molar-refractivity contribution in [2.24, 2.45) is 0 Å². The van der Waals surface area contributed by atoms with Gasteiger partial charge in [-0.3, -0.25) is 0 Å². The van der Waals surface area contributed by atoms with Gasteiger partial charge in [0.25, 0.3) is 0 Å². The van der Waals surface area contributed by atoms with Gasteiger partial charge in [0.05, 0.1) is 13.7 Å². The molecule has 2 aromatic carbocycles. The van der Waals surface area contributed by atoms with E-state index < -0.39 is 18.5 Å². The molecule has 0 spiro atoms. The standard InChI is InChI=1S/C31H40F6O2S2/c1-29(23-11-13-24(32)14-12-23)22-39-27-21-25(38-2)15-16-26(27)28(29)41-20-9-7-5-3-4-6-8-18-40-19-10-17-30(33,34)31(35,36)37/h11-16,21,28H,3-10,17-20,22H2,1-2H3. The van der Waals surface area contributed by atoms with Crippen molar-refractivity contribution < 1.29 is 35.8 Å². The van der Waals surface area contributed by atoms with E-state index in [1.165, 1.54) is 23.9 Å². The fourth-order valence-electron chi connectivity index (χ4n) is 5.00. The number of halogens is 6. The molecule has 10 heteroatoms. The zero-order chi connectivity index (χ0) is 29.9. The third kappa shape index (κ3) is 9.66. The molecule has 41 heavy (non-hydrogen) atoms. The Labute approximate surface area is 248 Å². The van der Waals surface area contributed by atoms with Crippen LogP contribution in [0, 0.1) is 5.82 Å².